The van der Waals surface area contributed by atoms with Crippen molar-refractivity contribution in [1.82, 2.24) is 10.2 Å². The molecule has 4 nitrogen and oxygen atoms in total. The van der Waals surface area contributed by atoms with Gasteiger partial charge in [-0.25, -0.2) is 0 Å². The van der Waals surface area contributed by atoms with E-state index in [2.05, 4.69) is 17.4 Å². The third kappa shape index (κ3) is 7.27. The van der Waals surface area contributed by atoms with Crippen molar-refractivity contribution in [2.24, 2.45) is 0 Å². The molecular formula is C27H30N2O2S. The van der Waals surface area contributed by atoms with Gasteiger partial charge in [0.25, 0.3) is 0 Å². The van der Waals surface area contributed by atoms with Crippen molar-refractivity contribution < 1.29 is 9.59 Å². The van der Waals surface area contributed by atoms with Crippen LogP contribution in [0.1, 0.15) is 23.6 Å². The van der Waals surface area contributed by atoms with Crippen LogP contribution in [0.25, 0.3) is 0 Å². The van der Waals surface area contributed by atoms with Gasteiger partial charge in [0.1, 0.15) is 6.04 Å². The van der Waals surface area contributed by atoms with E-state index in [0.717, 1.165) is 16.9 Å². The van der Waals surface area contributed by atoms with E-state index >= 15 is 0 Å². The third-order valence-corrected chi connectivity index (χ3v) is 6.14. The Morgan fingerprint density at radius 3 is 1.91 bits per heavy atom. The summed E-state index contributed by atoms with van der Waals surface area (Å²) < 4.78 is 0. The minimum atomic E-state index is -0.567. The highest BCUT2D eigenvalue weighted by Gasteiger charge is 2.29. The standard InChI is InChI=1S/C27H30N2O2S/c1-2-28-27(31)25(18-22-12-6-3-7-13-22)29(19-23-14-8-4-9-15-23)26(30)21-32-20-24-16-10-5-11-17-24/h3-17,25H,2,18-21H2,1H3,(H,28,31)/t25-/m0/s1. The van der Waals surface area contributed by atoms with Crippen molar-refractivity contribution >= 4 is 23.6 Å². The summed E-state index contributed by atoms with van der Waals surface area (Å²) in [5.41, 5.74) is 3.23. The summed E-state index contributed by atoms with van der Waals surface area (Å²) in [5.74, 6) is 0.943. The zero-order chi connectivity index (χ0) is 22.6. The predicted molar refractivity (Wildman–Crippen MR) is 132 cm³/mol. The Labute approximate surface area is 195 Å². The minimum Gasteiger partial charge on any atom is -0.355 e. The maximum Gasteiger partial charge on any atom is 0.243 e. The first-order valence-corrected chi connectivity index (χ1v) is 12.1. The molecule has 0 unspecified atom stereocenters. The molecule has 0 aromatic heterocycles. The molecule has 0 aliphatic heterocycles. The monoisotopic (exact) mass is 446 g/mol. The van der Waals surface area contributed by atoms with Gasteiger partial charge in [-0.15, -0.1) is 11.8 Å². The Balaban J connectivity index is 1.80. The highest BCUT2D eigenvalue weighted by molar-refractivity contribution is 7.99. The van der Waals surface area contributed by atoms with Gasteiger partial charge < -0.3 is 10.2 Å². The number of hydrogen-bond acceptors (Lipinski definition) is 3. The molecule has 1 atom stereocenters. The molecule has 0 bridgehead atoms. The number of nitrogens with zero attached hydrogens (tertiary/aromatic N) is 1. The molecule has 0 fully saturated rings. The van der Waals surface area contributed by atoms with Crippen LogP contribution in [0.5, 0.6) is 0 Å². The Morgan fingerprint density at radius 1 is 0.812 bits per heavy atom. The normalized spacial score (nSPS) is 11.5. The van der Waals surface area contributed by atoms with Crippen LogP contribution in [-0.2, 0) is 28.3 Å². The fourth-order valence-corrected chi connectivity index (χ4v) is 4.41. The Hall–Kier alpha value is -3.05. The summed E-state index contributed by atoms with van der Waals surface area (Å²) in [6, 6.07) is 29.3. The largest absolute Gasteiger partial charge is 0.355 e. The molecule has 5 heteroatoms. The molecule has 0 aliphatic rings. The number of nitrogens with one attached hydrogen (secondary N) is 1. The molecule has 0 aliphatic carbocycles. The van der Waals surface area contributed by atoms with Gasteiger partial charge in [0.2, 0.25) is 11.8 Å². The molecule has 2 amide bonds. The van der Waals surface area contributed by atoms with Crippen LogP contribution in [-0.4, -0.2) is 35.1 Å². The van der Waals surface area contributed by atoms with Crippen LogP contribution >= 0.6 is 11.8 Å². The molecule has 0 spiro atoms. The Morgan fingerprint density at radius 2 is 1.34 bits per heavy atom. The van der Waals surface area contributed by atoms with E-state index < -0.39 is 6.04 Å². The van der Waals surface area contributed by atoms with Gasteiger partial charge in [-0.1, -0.05) is 91.0 Å². The zero-order valence-electron chi connectivity index (χ0n) is 18.4. The SMILES string of the molecule is CCNC(=O)[C@H](Cc1ccccc1)N(Cc1ccccc1)C(=O)CSCc1ccccc1. The lowest BCUT2D eigenvalue weighted by molar-refractivity contribution is -0.139. The summed E-state index contributed by atoms with van der Waals surface area (Å²) >= 11 is 1.58. The van der Waals surface area contributed by atoms with Crippen molar-refractivity contribution in [2.45, 2.75) is 31.7 Å². The summed E-state index contributed by atoms with van der Waals surface area (Å²) in [5, 5.41) is 2.93. The first-order chi connectivity index (χ1) is 15.7. The number of amides is 2. The number of rotatable bonds is 11. The molecule has 1 N–H and O–H groups in total. The maximum atomic E-state index is 13.4. The lowest BCUT2D eigenvalue weighted by Crippen LogP contribution is -2.51. The maximum absolute atomic E-state index is 13.4. The summed E-state index contributed by atoms with van der Waals surface area (Å²) in [7, 11) is 0. The average Bonchev–Trinajstić information content (AvgIpc) is 2.83. The number of likely N-dealkylation sites (N-methyl/N-ethyl adjacent to an activating group) is 1. The van der Waals surface area contributed by atoms with Gasteiger partial charge >= 0.3 is 0 Å². The smallest absolute Gasteiger partial charge is 0.243 e. The van der Waals surface area contributed by atoms with Gasteiger partial charge in [-0.3, -0.25) is 9.59 Å². The molecular weight excluding hydrogens is 416 g/mol. The molecule has 0 heterocycles. The van der Waals surface area contributed by atoms with Gasteiger partial charge in [-0.05, 0) is 23.6 Å². The second-order valence-corrected chi connectivity index (χ2v) is 8.57. The number of carbonyl (C=O) groups excluding carboxylic acids is 2. The number of carbonyl (C=O) groups is 2. The molecule has 32 heavy (non-hydrogen) atoms. The fourth-order valence-electron chi connectivity index (χ4n) is 3.54. The minimum absolute atomic E-state index is 0.0260. The van der Waals surface area contributed by atoms with Crippen molar-refractivity contribution in [1.29, 1.82) is 0 Å². The lowest BCUT2D eigenvalue weighted by Gasteiger charge is -2.31. The van der Waals surface area contributed by atoms with Crippen LogP contribution in [0.15, 0.2) is 91.0 Å². The van der Waals surface area contributed by atoms with Crippen molar-refractivity contribution in [2.75, 3.05) is 12.3 Å². The quantitative estimate of drug-likeness (QED) is 0.465. The van der Waals surface area contributed by atoms with E-state index in [9.17, 15) is 9.59 Å². The van der Waals surface area contributed by atoms with Crippen LogP contribution in [0.3, 0.4) is 0 Å². The number of thioether (sulfide) groups is 1. The van der Waals surface area contributed by atoms with E-state index in [4.69, 9.17) is 0 Å². The van der Waals surface area contributed by atoms with Crippen molar-refractivity contribution in [3.8, 4) is 0 Å². The van der Waals surface area contributed by atoms with E-state index in [0.29, 0.717) is 25.3 Å². The highest BCUT2D eigenvalue weighted by Crippen LogP contribution is 2.18. The van der Waals surface area contributed by atoms with Gasteiger partial charge in [0, 0.05) is 25.3 Å². The molecule has 3 rings (SSSR count). The second-order valence-electron chi connectivity index (χ2n) is 7.59. The van der Waals surface area contributed by atoms with Crippen LogP contribution in [0.2, 0.25) is 0 Å². The Kier molecular flexibility index (Phi) is 9.38. The first kappa shape index (κ1) is 23.6. The molecule has 3 aromatic rings. The zero-order valence-corrected chi connectivity index (χ0v) is 19.3. The van der Waals surface area contributed by atoms with Crippen LogP contribution in [0.4, 0.5) is 0 Å². The summed E-state index contributed by atoms with van der Waals surface area (Å²) in [6.07, 6.45) is 0.481. The van der Waals surface area contributed by atoms with E-state index in [1.807, 2.05) is 85.8 Å². The first-order valence-electron chi connectivity index (χ1n) is 10.9. The summed E-state index contributed by atoms with van der Waals surface area (Å²) in [4.78, 5) is 28.2. The summed E-state index contributed by atoms with van der Waals surface area (Å²) in [6.45, 7) is 2.83. The van der Waals surface area contributed by atoms with Crippen LogP contribution in [0, 0.1) is 0 Å². The molecule has 3 aromatic carbocycles. The number of benzene rings is 3. The van der Waals surface area contributed by atoms with Gasteiger partial charge in [-0.2, -0.15) is 0 Å². The second kappa shape index (κ2) is 12.7. The number of hydrogen-bond donors (Lipinski definition) is 1. The van der Waals surface area contributed by atoms with E-state index in [-0.39, 0.29) is 11.8 Å². The van der Waals surface area contributed by atoms with Crippen molar-refractivity contribution in [3.63, 3.8) is 0 Å². The van der Waals surface area contributed by atoms with Crippen LogP contribution < -0.4 is 5.32 Å². The van der Waals surface area contributed by atoms with Gasteiger partial charge in [0.15, 0.2) is 0 Å². The predicted octanol–water partition coefficient (Wildman–Crippen LogP) is 4.70. The Bertz CT molecular complexity index is 965. The fraction of sp³-hybridized carbons (Fsp3) is 0.259. The topological polar surface area (TPSA) is 49.4 Å². The van der Waals surface area contributed by atoms with Gasteiger partial charge in [0.05, 0.1) is 5.75 Å². The molecule has 0 saturated heterocycles. The van der Waals surface area contributed by atoms with E-state index in [1.165, 1.54) is 5.56 Å². The lowest BCUT2D eigenvalue weighted by atomic mass is 10.0. The molecule has 0 saturated carbocycles. The highest BCUT2D eigenvalue weighted by atomic mass is 32.2. The molecule has 0 radical (unpaired) electrons. The third-order valence-electron chi connectivity index (χ3n) is 5.15. The molecule has 166 valence electrons. The van der Waals surface area contributed by atoms with Crippen molar-refractivity contribution in [3.05, 3.63) is 108 Å². The van der Waals surface area contributed by atoms with E-state index in [1.54, 1.807) is 16.7 Å². The average molecular weight is 447 g/mol.